The summed E-state index contributed by atoms with van der Waals surface area (Å²) in [6, 6.07) is 0.506. The third-order valence-electron chi connectivity index (χ3n) is 10.8. The SMILES string of the molecule is C=C1[C@@H]2C[C@@]3(C4C[C@@H]5[C@@]6(C)CC[C@@H]7O[C@@H]6N(CC)[C@H]4[C@@]75[C@@H]3CC2=O)[C@@H]1O. The van der Waals surface area contributed by atoms with Crippen LogP contribution in [0.2, 0.25) is 0 Å². The third kappa shape index (κ3) is 1.11. The Morgan fingerprint density at radius 1 is 1.38 bits per heavy atom. The first kappa shape index (κ1) is 15.2. The number of Topliss-reactive ketones (excluding diaryl/α,β-unsaturated/α-hetero) is 1. The quantitative estimate of drug-likeness (QED) is 0.734. The van der Waals surface area contributed by atoms with E-state index in [1.54, 1.807) is 0 Å². The minimum absolute atomic E-state index is 0.0853. The number of carbonyl (C=O) groups is 1. The first-order valence-corrected chi connectivity index (χ1v) is 10.7. The molecule has 4 saturated heterocycles. The molecule has 4 nitrogen and oxygen atoms in total. The van der Waals surface area contributed by atoms with Gasteiger partial charge in [0.1, 0.15) is 12.0 Å². The standard InChI is InChI=1S/C22H29NO3/c1-4-23-17-12-7-14-20(3)6-5-16(26-19(20)23)22(14,17)15-8-13(24)11-9-21(12,15)18(25)10(11)2/h11-12,14-19,25H,2,4-9H2,1,3H3/t11-,12?,14+,15+,16-,17+,18+,19-,20+,21-,22-/m0/s1. The third-order valence-corrected chi connectivity index (χ3v) is 10.8. The highest BCUT2D eigenvalue weighted by molar-refractivity contribution is 5.87. The van der Waals surface area contributed by atoms with Gasteiger partial charge in [-0.2, -0.15) is 0 Å². The monoisotopic (exact) mass is 355 g/mol. The van der Waals surface area contributed by atoms with E-state index in [1.165, 1.54) is 12.8 Å². The van der Waals surface area contributed by atoms with Gasteiger partial charge in [-0.05, 0) is 55.6 Å². The van der Waals surface area contributed by atoms with E-state index in [4.69, 9.17) is 4.74 Å². The van der Waals surface area contributed by atoms with Gasteiger partial charge in [-0.25, -0.2) is 0 Å². The van der Waals surface area contributed by atoms with E-state index in [2.05, 4.69) is 25.3 Å². The average molecular weight is 355 g/mol. The number of ether oxygens (including phenoxy) is 1. The maximum absolute atomic E-state index is 13.0. The maximum atomic E-state index is 13.0. The molecule has 0 aromatic heterocycles. The Morgan fingerprint density at radius 3 is 2.96 bits per heavy atom. The van der Waals surface area contributed by atoms with E-state index in [0.717, 1.165) is 25.0 Å². The van der Waals surface area contributed by atoms with Crippen molar-refractivity contribution in [2.24, 2.45) is 39.9 Å². The smallest absolute Gasteiger partial charge is 0.140 e. The number of hydrogen-bond donors (Lipinski definition) is 1. The van der Waals surface area contributed by atoms with Gasteiger partial charge < -0.3 is 9.84 Å². The summed E-state index contributed by atoms with van der Waals surface area (Å²) in [5, 5.41) is 11.4. The molecule has 2 spiro atoms. The van der Waals surface area contributed by atoms with Crippen LogP contribution >= 0.6 is 0 Å². The molecule has 0 aromatic carbocycles. The lowest BCUT2D eigenvalue weighted by atomic mass is 9.41. The zero-order valence-electron chi connectivity index (χ0n) is 15.8. The van der Waals surface area contributed by atoms with Crippen LogP contribution in [0, 0.1) is 39.9 Å². The van der Waals surface area contributed by atoms with Crippen molar-refractivity contribution < 1.29 is 14.6 Å². The van der Waals surface area contributed by atoms with Crippen molar-refractivity contribution >= 4 is 5.78 Å². The van der Waals surface area contributed by atoms with Gasteiger partial charge in [0.25, 0.3) is 0 Å². The summed E-state index contributed by atoms with van der Waals surface area (Å²) in [5.74, 6) is 1.74. The number of carbonyl (C=O) groups excluding carboxylic acids is 1. The normalized spacial score (nSPS) is 66.7. The van der Waals surface area contributed by atoms with Crippen LogP contribution in [-0.4, -0.2) is 46.8 Å². The maximum Gasteiger partial charge on any atom is 0.140 e. The Labute approximate surface area is 155 Å². The van der Waals surface area contributed by atoms with E-state index in [0.29, 0.717) is 42.1 Å². The second-order valence-electron chi connectivity index (χ2n) is 10.8. The lowest BCUT2D eigenvalue weighted by Gasteiger charge is -2.73. The van der Waals surface area contributed by atoms with Crippen LogP contribution in [0.15, 0.2) is 12.2 Å². The molecule has 9 aliphatic rings. The van der Waals surface area contributed by atoms with E-state index < -0.39 is 6.10 Å². The first-order valence-electron chi connectivity index (χ1n) is 10.7. The minimum Gasteiger partial charge on any atom is -0.388 e. The van der Waals surface area contributed by atoms with Crippen LogP contribution in [0.25, 0.3) is 0 Å². The molecule has 4 heterocycles. The van der Waals surface area contributed by atoms with E-state index in [9.17, 15) is 9.90 Å². The highest BCUT2D eigenvalue weighted by Crippen LogP contribution is 2.86. The molecule has 5 saturated carbocycles. The van der Waals surface area contributed by atoms with Crippen LogP contribution in [0.3, 0.4) is 0 Å². The molecule has 0 radical (unpaired) electrons. The predicted molar refractivity (Wildman–Crippen MR) is 95.0 cm³/mol. The number of aliphatic hydroxyl groups is 1. The Kier molecular flexibility index (Phi) is 2.35. The fourth-order valence-electron chi connectivity index (χ4n) is 10.3. The molecule has 5 aliphatic carbocycles. The molecule has 1 unspecified atom stereocenters. The van der Waals surface area contributed by atoms with Gasteiger partial charge in [0.05, 0.1) is 12.2 Å². The van der Waals surface area contributed by atoms with Crippen molar-refractivity contribution in [1.29, 1.82) is 0 Å². The topological polar surface area (TPSA) is 49.8 Å². The molecule has 4 aliphatic heterocycles. The van der Waals surface area contributed by atoms with Crippen LogP contribution in [-0.2, 0) is 9.53 Å². The molecule has 9 fully saturated rings. The molecule has 9 bridgehead atoms. The van der Waals surface area contributed by atoms with Gasteiger partial charge in [0.2, 0.25) is 0 Å². The second-order valence-corrected chi connectivity index (χ2v) is 10.8. The fraction of sp³-hybridized carbons (Fsp3) is 0.864. The zero-order chi connectivity index (χ0) is 17.8. The Bertz CT molecular complexity index is 779. The summed E-state index contributed by atoms with van der Waals surface area (Å²) in [4.78, 5) is 15.7. The molecule has 1 N–H and O–H groups in total. The predicted octanol–water partition coefficient (Wildman–Crippen LogP) is 2.36. The fourth-order valence-corrected chi connectivity index (χ4v) is 10.3. The number of aliphatic hydroxyl groups excluding tert-OH is 1. The summed E-state index contributed by atoms with van der Waals surface area (Å²) in [6.45, 7) is 9.94. The molecular weight excluding hydrogens is 326 g/mol. The summed E-state index contributed by atoms with van der Waals surface area (Å²) >= 11 is 0. The van der Waals surface area contributed by atoms with Crippen LogP contribution in [0.5, 0.6) is 0 Å². The van der Waals surface area contributed by atoms with Crippen LogP contribution in [0.1, 0.15) is 46.0 Å². The van der Waals surface area contributed by atoms with Crippen molar-refractivity contribution in [3.8, 4) is 0 Å². The van der Waals surface area contributed by atoms with E-state index in [1.807, 2.05) is 0 Å². The summed E-state index contributed by atoms with van der Waals surface area (Å²) < 4.78 is 6.75. The summed E-state index contributed by atoms with van der Waals surface area (Å²) in [7, 11) is 0. The molecule has 11 atom stereocenters. The van der Waals surface area contributed by atoms with Crippen molar-refractivity contribution in [3.63, 3.8) is 0 Å². The summed E-state index contributed by atoms with van der Waals surface area (Å²) in [6.07, 6.45) is 5.21. The number of ketones is 1. The molecule has 26 heavy (non-hydrogen) atoms. The minimum atomic E-state index is -0.487. The molecule has 4 heteroatoms. The number of hydrogen-bond acceptors (Lipinski definition) is 4. The van der Waals surface area contributed by atoms with Gasteiger partial charge in [0, 0.05) is 34.6 Å². The first-order chi connectivity index (χ1) is 12.4. The van der Waals surface area contributed by atoms with Crippen molar-refractivity contribution in [2.45, 2.75) is 70.4 Å². The largest absolute Gasteiger partial charge is 0.388 e. The molecule has 0 amide bonds. The van der Waals surface area contributed by atoms with Crippen LogP contribution in [0.4, 0.5) is 0 Å². The van der Waals surface area contributed by atoms with Crippen LogP contribution < -0.4 is 0 Å². The molecular formula is C22H29NO3. The number of fused-ring (bicyclic) bond motifs is 2. The zero-order valence-corrected chi connectivity index (χ0v) is 15.8. The van der Waals surface area contributed by atoms with Gasteiger partial charge in [-0.3, -0.25) is 9.69 Å². The van der Waals surface area contributed by atoms with Crippen molar-refractivity contribution in [3.05, 3.63) is 12.2 Å². The molecule has 9 rings (SSSR count). The Balaban J connectivity index is 1.52. The van der Waals surface area contributed by atoms with Gasteiger partial charge >= 0.3 is 0 Å². The van der Waals surface area contributed by atoms with Gasteiger partial charge in [-0.1, -0.05) is 20.4 Å². The highest BCUT2D eigenvalue weighted by Gasteiger charge is 2.88. The lowest BCUT2D eigenvalue weighted by Crippen LogP contribution is -2.78. The average Bonchev–Trinajstić information content (AvgIpc) is 3.17. The van der Waals surface area contributed by atoms with E-state index in [-0.39, 0.29) is 28.4 Å². The van der Waals surface area contributed by atoms with Gasteiger partial charge in [-0.15, -0.1) is 0 Å². The second kappa shape index (κ2) is 4.01. The summed E-state index contributed by atoms with van der Waals surface area (Å²) in [5.41, 5.74) is 1.03. The highest BCUT2D eigenvalue weighted by atomic mass is 16.5. The number of rotatable bonds is 1. The molecule has 0 aromatic rings. The number of piperidine rings is 1. The molecule has 140 valence electrons. The Morgan fingerprint density at radius 2 is 2.19 bits per heavy atom. The van der Waals surface area contributed by atoms with E-state index >= 15 is 0 Å². The van der Waals surface area contributed by atoms with Crippen molar-refractivity contribution in [2.75, 3.05) is 6.54 Å². The van der Waals surface area contributed by atoms with Gasteiger partial charge in [0.15, 0.2) is 0 Å². The Hall–Kier alpha value is -0.710. The van der Waals surface area contributed by atoms with Crippen molar-refractivity contribution in [1.82, 2.24) is 4.90 Å². The lowest BCUT2D eigenvalue weighted by molar-refractivity contribution is -0.370. The number of nitrogens with zero attached hydrogens (tertiary/aromatic N) is 1.